The lowest BCUT2D eigenvalue weighted by Gasteiger charge is -2.17. The van der Waals surface area contributed by atoms with Crippen LogP contribution in [0.1, 0.15) is 60.7 Å². The van der Waals surface area contributed by atoms with Crippen LogP contribution in [0.15, 0.2) is 36.4 Å². The molecule has 0 radical (unpaired) electrons. The van der Waals surface area contributed by atoms with Crippen molar-refractivity contribution in [1.29, 1.82) is 0 Å². The second-order valence-electron chi connectivity index (χ2n) is 6.46. The SMILES string of the molecule is CCCc1cc(CCC)c(OCC)c(/C=C/C(=O)c2ccc(O)cc2)c1O. The van der Waals surface area contributed by atoms with Gasteiger partial charge in [-0.3, -0.25) is 4.79 Å². The quantitative estimate of drug-likeness (QED) is 0.466. The van der Waals surface area contributed by atoms with Crippen LogP contribution < -0.4 is 4.74 Å². The average molecular weight is 368 g/mol. The molecule has 0 fully saturated rings. The summed E-state index contributed by atoms with van der Waals surface area (Å²) in [5, 5.41) is 20.1. The largest absolute Gasteiger partial charge is 0.508 e. The van der Waals surface area contributed by atoms with Crippen molar-refractivity contribution in [2.24, 2.45) is 0 Å². The number of ketones is 1. The van der Waals surface area contributed by atoms with Crippen molar-refractivity contribution in [2.45, 2.75) is 46.5 Å². The molecule has 2 N–H and O–H groups in total. The molecule has 2 aromatic rings. The molecule has 0 aliphatic heterocycles. The fourth-order valence-corrected chi connectivity index (χ4v) is 3.06. The highest BCUT2D eigenvalue weighted by molar-refractivity contribution is 6.07. The van der Waals surface area contributed by atoms with Crippen molar-refractivity contribution < 1.29 is 19.7 Å². The van der Waals surface area contributed by atoms with Crippen LogP contribution in [0.2, 0.25) is 0 Å². The summed E-state index contributed by atoms with van der Waals surface area (Å²) in [6, 6.07) is 8.12. The number of aromatic hydroxyl groups is 2. The summed E-state index contributed by atoms with van der Waals surface area (Å²) in [6.07, 6.45) is 6.57. The molecule has 27 heavy (non-hydrogen) atoms. The first-order valence-corrected chi connectivity index (χ1v) is 9.53. The first kappa shape index (κ1) is 20.6. The van der Waals surface area contributed by atoms with E-state index in [0.717, 1.165) is 36.8 Å². The van der Waals surface area contributed by atoms with Crippen molar-refractivity contribution in [3.8, 4) is 17.2 Å². The van der Waals surface area contributed by atoms with Crippen LogP contribution in [0.4, 0.5) is 0 Å². The van der Waals surface area contributed by atoms with Crippen molar-refractivity contribution in [1.82, 2.24) is 0 Å². The zero-order valence-corrected chi connectivity index (χ0v) is 16.3. The van der Waals surface area contributed by atoms with E-state index < -0.39 is 0 Å². The standard InChI is InChI=1S/C23H28O4/c1-4-7-17-15-18(8-5-2)23(27-6-3)20(22(17)26)13-14-21(25)16-9-11-19(24)12-10-16/h9-15,24,26H,4-8H2,1-3H3/b14-13+. The molecule has 0 saturated carbocycles. The Hall–Kier alpha value is -2.75. The Morgan fingerprint density at radius 3 is 2.22 bits per heavy atom. The average Bonchev–Trinajstić information content (AvgIpc) is 2.65. The Balaban J connectivity index is 2.48. The molecule has 4 nitrogen and oxygen atoms in total. The second kappa shape index (κ2) is 9.81. The first-order valence-electron chi connectivity index (χ1n) is 9.53. The lowest BCUT2D eigenvalue weighted by molar-refractivity contribution is 0.104. The molecule has 0 unspecified atom stereocenters. The van der Waals surface area contributed by atoms with Crippen molar-refractivity contribution in [2.75, 3.05) is 6.61 Å². The third kappa shape index (κ3) is 5.13. The van der Waals surface area contributed by atoms with Gasteiger partial charge in [-0.1, -0.05) is 26.7 Å². The fourth-order valence-electron chi connectivity index (χ4n) is 3.06. The maximum Gasteiger partial charge on any atom is 0.185 e. The summed E-state index contributed by atoms with van der Waals surface area (Å²) in [7, 11) is 0. The molecule has 2 rings (SSSR count). The second-order valence-corrected chi connectivity index (χ2v) is 6.46. The van der Waals surface area contributed by atoms with E-state index in [9.17, 15) is 15.0 Å². The first-order chi connectivity index (χ1) is 13.0. The molecule has 144 valence electrons. The number of phenols is 2. The van der Waals surface area contributed by atoms with Gasteiger partial charge in [-0.25, -0.2) is 0 Å². The third-order valence-corrected chi connectivity index (χ3v) is 4.32. The minimum atomic E-state index is -0.199. The lowest BCUT2D eigenvalue weighted by atomic mass is 9.96. The molecule has 0 heterocycles. The Labute approximate surface area is 161 Å². The van der Waals surface area contributed by atoms with Gasteiger partial charge in [-0.15, -0.1) is 0 Å². The zero-order chi connectivity index (χ0) is 19.8. The lowest BCUT2D eigenvalue weighted by Crippen LogP contribution is -2.02. The summed E-state index contributed by atoms with van der Waals surface area (Å²) in [5.41, 5.74) is 2.96. The topological polar surface area (TPSA) is 66.8 Å². The number of hydrogen-bond donors (Lipinski definition) is 2. The predicted molar refractivity (Wildman–Crippen MR) is 109 cm³/mol. The summed E-state index contributed by atoms with van der Waals surface area (Å²) in [6.45, 7) is 6.56. The van der Waals surface area contributed by atoms with Gasteiger partial charge in [-0.2, -0.15) is 0 Å². The maximum atomic E-state index is 12.4. The van der Waals surface area contributed by atoms with Gasteiger partial charge in [0, 0.05) is 5.56 Å². The molecule has 0 atom stereocenters. The highest BCUT2D eigenvalue weighted by Crippen LogP contribution is 2.37. The predicted octanol–water partition coefficient (Wildman–Crippen LogP) is 5.30. The van der Waals surface area contributed by atoms with Gasteiger partial charge in [0.15, 0.2) is 5.78 Å². The third-order valence-electron chi connectivity index (χ3n) is 4.32. The highest BCUT2D eigenvalue weighted by Gasteiger charge is 2.17. The summed E-state index contributed by atoms with van der Waals surface area (Å²) in [5.74, 6) is 0.736. The number of carbonyl (C=O) groups is 1. The number of benzene rings is 2. The Bertz CT molecular complexity index is 804. The number of phenolic OH excluding ortho intramolecular Hbond substituents is 2. The van der Waals surface area contributed by atoms with Gasteiger partial charge in [0.2, 0.25) is 0 Å². The Morgan fingerprint density at radius 1 is 1.00 bits per heavy atom. The van der Waals surface area contributed by atoms with E-state index in [4.69, 9.17) is 4.74 Å². The van der Waals surface area contributed by atoms with E-state index >= 15 is 0 Å². The summed E-state index contributed by atoms with van der Waals surface area (Å²) >= 11 is 0. The van der Waals surface area contributed by atoms with Crippen molar-refractivity contribution in [3.05, 3.63) is 58.7 Å². The van der Waals surface area contributed by atoms with Crippen molar-refractivity contribution >= 4 is 11.9 Å². The molecule has 0 aliphatic carbocycles. The van der Waals surface area contributed by atoms with Gasteiger partial charge >= 0.3 is 0 Å². The zero-order valence-electron chi connectivity index (χ0n) is 16.3. The van der Waals surface area contributed by atoms with E-state index in [1.165, 1.54) is 18.2 Å². The van der Waals surface area contributed by atoms with Gasteiger partial charge in [0.05, 0.1) is 12.2 Å². The molecule has 4 heteroatoms. The number of carbonyl (C=O) groups excluding carboxylic acids is 1. The number of hydrogen-bond acceptors (Lipinski definition) is 4. The normalized spacial score (nSPS) is 11.1. The van der Waals surface area contributed by atoms with Gasteiger partial charge in [-0.05, 0) is 73.4 Å². The maximum absolute atomic E-state index is 12.4. The molecule has 0 bridgehead atoms. The van der Waals surface area contributed by atoms with Crippen LogP contribution >= 0.6 is 0 Å². The van der Waals surface area contributed by atoms with E-state index in [-0.39, 0.29) is 17.3 Å². The molecular formula is C23H28O4. The summed E-state index contributed by atoms with van der Waals surface area (Å²) in [4.78, 5) is 12.4. The minimum absolute atomic E-state index is 0.114. The fraction of sp³-hybridized carbons (Fsp3) is 0.348. The van der Waals surface area contributed by atoms with Crippen LogP contribution in [0.25, 0.3) is 6.08 Å². The monoisotopic (exact) mass is 368 g/mol. The van der Waals surface area contributed by atoms with E-state index in [1.54, 1.807) is 18.2 Å². The highest BCUT2D eigenvalue weighted by atomic mass is 16.5. The van der Waals surface area contributed by atoms with E-state index in [0.29, 0.717) is 23.5 Å². The van der Waals surface area contributed by atoms with Crippen LogP contribution in [0, 0.1) is 0 Å². The van der Waals surface area contributed by atoms with Crippen molar-refractivity contribution in [3.63, 3.8) is 0 Å². The minimum Gasteiger partial charge on any atom is -0.508 e. The molecule has 0 aromatic heterocycles. The van der Waals surface area contributed by atoms with Crippen LogP contribution in [-0.4, -0.2) is 22.6 Å². The number of ether oxygens (including phenoxy) is 1. The van der Waals surface area contributed by atoms with Gasteiger partial charge in [0.25, 0.3) is 0 Å². The van der Waals surface area contributed by atoms with Crippen LogP contribution in [0.5, 0.6) is 17.2 Å². The molecule has 0 aliphatic rings. The Kier molecular flexibility index (Phi) is 7.47. The number of rotatable bonds is 9. The molecular weight excluding hydrogens is 340 g/mol. The van der Waals surface area contributed by atoms with Crippen LogP contribution in [-0.2, 0) is 12.8 Å². The summed E-state index contributed by atoms with van der Waals surface area (Å²) < 4.78 is 5.83. The number of aryl methyl sites for hydroxylation is 2. The Morgan fingerprint density at radius 2 is 1.63 bits per heavy atom. The molecule has 0 amide bonds. The van der Waals surface area contributed by atoms with E-state index in [1.807, 2.05) is 13.0 Å². The van der Waals surface area contributed by atoms with Gasteiger partial charge < -0.3 is 14.9 Å². The smallest absolute Gasteiger partial charge is 0.185 e. The molecule has 0 spiro atoms. The van der Waals surface area contributed by atoms with E-state index in [2.05, 4.69) is 13.8 Å². The van der Waals surface area contributed by atoms with Gasteiger partial charge in [0.1, 0.15) is 17.2 Å². The molecule has 2 aromatic carbocycles. The van der Waals surface area contributed by atoms with Crippen LogP contribution in [0.3, 0.4) is 0 Å². The number of allylic oxidation sites excluding steroid dienone is 1. The molecule has 0 saturated heterocycles.